The Balaban J connectivity index is 1.48. The zero-order valence-corrected chi connectivity index (χ0v) is 11.8. The fourth-order valence-corrected chi connectivity index (χ4v) is 2.49. The summed E-state index contributed by atoms with van der Waals surface area (Å²) in [6.07, 6.45) is 0.387. The highest BCUT2D eigenvalue weighted by Crippen LogP contribution is 2.22. The summed E-state index contributed by atoms with van der Waals surface area (Å²) >= 11 is 0. The normalized spacial score (nSPS) is 13.0. The maximum Gasteiger partial charge on any atom is 0.226 e. The standard InChI is InChI=1S/C17H18N2O2/c18-15-5-7-16(8-6-15)21-10-9-17(20)19-11-13-3-1-2-4-14(13)12-19/h1-8H,9-12,18H2. The van der Waals surface area contributed by atoms with Crippen molar-refractivity contribution < 1.29 is 9.53 Å². The zero-order chi connectivity index (χ0) is 14.7. The molecule has 0 saturated carbocycles. The Morgan fingerprint density at radius 1 is 1.05 bits per heavy atom. The van der Waals surface area contributed by atoms with Crippen LogP contribution in [0.15, 0.2) is 48.5 Å². The van der Waals surface area contributed by atoms with Gasteiger partial charge in [-0.1, -0.05) is 24.3 Å². The first kappa shape index (κ1) is 13.5. The highest BCUT2D eigenvalue weighted by molar-refractivity contribution is 5.77. The molecule has 4 heteroatoms. The monoisotopic (exact) mass is 282 g/mol. The number of fused-ring (bicyclic) bond motifs is 1. The number of amides is 1. The molecule has 0 atom stereocenters. The summed E-state index contributed by atoms with van der Waals surface area (Å²) < 4.78 is 5.57. The lowest BCUT2D eigenvalue weighted by Gasteiger charge is -2.15. The summed E-state index contributed by atoms with van der Waals surface area (Å²) in [5.41, 5.74) is 8.80. The van der Waals surface area contributed by atoms with Crippen LogP contribution in [0, 0.1) is 0 Å². The summed E-state index contributed by atoms with van der Waals surface area (Å²) in [6.45, 7) is 1.79. The molecule has 0 unspecified atom stereocenters. The lowest BCUT2D eigenvalue weighted by atomic mass is 10.1. The first-order chi connectivity index (χ1) is 10.2. The molecular weight excluding hydrogens is 264 g/mol. The first-order valence-electron chi connectivity index (χ1n) is 7.05. The van der Waals surface area contributed by atoms with E-state index >= 15 is 0 Å². The van der Waals surface area contributed by atoms with Gasteiger partial charge in [-0.2, -0.15) is 0 Å². The Hall–Kier alpha value is -2.49. The largest absolute Gasteiger partial charge is 0.493 e. The summed E-state index contributed by atoms with van der Waals surface area (Å²) in [6, 6.07) is 15.4. The number of nitrogens with zero attached hydrogens (tertiary/aromatic N) is 1. The minimum atomic E-state index is 0.127. The molecule has 1 aliphatic rings. The quantitative estimate of drug-likeness (QED) is 0.877. The molecular formula is C17H18N2O2. The number of carbonyl (C=O) groups is 1. The fourth-order valence-electron chi connectivity index (χ4n) is 2.49. The average Bonchev–Trinajstić information content (AvgIpc) is 2.93. The summed E-state index contributed by atoms with van der Waals surface area (Å²) in [5, 5.41) is 0. The molecule has 0 fully saturated rings. The van der Waals surface area contributed by atoms with E-state index in [2.05, 4.69) is 12.1 Å². The lowest BCUT2D eigenvalue weighted by molar-refractivity contribution is -0.132. The summed E-state index contributed by atoms with van der Waals surface area (Å²) in [4.78, 5) is 14.1. The fraction of sp³-hybridized carbons (Fsp3) is 0.235. The molecule has 2 aromatic carbocycles. The summed E-state index contributed by atoms with van der Waals surface area (Å²) in [7, 11) is 0. The Morgan fingerprint density at radius 3 is 2.29 bits per heavy atom. The van der Waals surface area contributed by atoms with E-state index in [1.54, 1.807) is 12.1 Å². The molecule has 0 bridgehead atoms. The number of carbonyl (C=O) groups excluding carboxylic acids is 1. The van der Waals surface area contributed by atoms with Crippen LogP contribution in [0.25, 0.3) is 0 Å². The van der Waals surface area contributed by atoms with Gasteiger partial charge in [-0.15, -0.1) is 0 Å². The number of nitrogens with two attached hydrogens (primary N) is 1. The molecule has 0 aromatic heterocycles. The molecule has 2 N–H and O–H groups in total. The topological polar surface area (TPSA) is 55.6 Å². The van der Waals surface area contributed by atoms with Crippen LogP contribution < -0.4 is 10.5 Å². The van der Waals surface area contributed by atoms with Crippen molar-refractivity contribution in [3.8, 4) is 5.75 Å². The molecule has 0 aliphatic carbocycles. The predicted molar refractivity (Wildman–Crippen MR) is 81.7 cm³/mol. The van der Waals surface area contributed by atoms with Gasteiger partial charge in [0.1, 0.15) is 5.75 Å². The van der Waals surface area contributed by atoms with Crippen LogP contribution in [-0.2, 0) is 17.9 Å². The third-order valence-electron chi connectivity index (χ3n) is 3.66. The number of hydrogen-bond acceptors (Lipinski definition) is 3. The minimum Gasteiger partial charge on any atom is -0.493 e. The van der Waals surface area contributed by atoms with Gasteiger partial charge in [0, 0.05) is 18.8 Å². The van der Waals surface area contributed by atoms with E-state index in [0.29, 0.717) is 31.8 Å². The molecule has 1 aliphatic heterocycles. The van der Waals surface area contributed by atoms with Crippen molar-refractivity contribution in [1.82, 2.24) is 4.90 Å². The van der Waals surface area contributed by atoms with Gasteiger partial charge in [0.2, 0.25) is 5.91 Å². The van der Waals surface area contributed by atoms with Crippen LogP contribution in [0.1, 0.15) is 17.5 Å². The maximum atomic E-state index is 12.2. The Kier molecular flexibility index (Phi) is 3.77. The van der Waals surface area contributed by atoms with E-state index in [4.69, 9.17) is 10.5 Å². The third-order valence-corrected chi connectivity index (χ3v) is 3.66. The Bertz CT molecular complexity index is 612. The van der Waals surface area contributed by atoms with Gasteiger partial charge in [0.25, 0.3) is 0 Å². The van der Waals surface area contributed by atoms with E-state index in [1.165, 1.54) is 11.1 Å². The maximum absolute atomic E-state index is 12.2. The number of benzene rings is 2. The number of anilines is 1. The van der Waals surface area contributed by atoms with Crippen LogP contribution in [0.4, 0.5) is 5.69 Å². The van der Waals surface area contributed by atoms with Gasteiger partial charge < -0.3 is 15.4 Å². The van der Waals surface area contributed by atoms with Crippen molar-refractivity contribution in [1.29, 1.82) is 0 Å². The number of hydrogen-bond donors (Lipinski definition) is 1. The van der Waals surface area contributed by atoms with Gasteiger partial charge in [-0.25, -0.2) is 0 Å². The highest BCUT2D eigenvalue weighted by atomic mass is 16.5. The average molecular weight is 282 g/mol. The van der Waals surface area contributed by atoms with Crippen LogP contribution in [0.2, 0.25) is 0 Å². The van der Waals surface area contributed by atoms with Gasteiger partial charge in [-0.3, -0.25) is 4.79 Å². The van der Waals surface area contributed by atoms with E-state index in [0.717, 1.165) is 5.75 Å². The van der Waals surface area contributed by atoms with Gasteiger partial charge in [-0.05, 0) is 35.4 Å². The van der Waals surface area contributed by atoms with Crippen molar-refractivity contribution >= 4 is 11.6 Å². The number of nitrogen functional groups attached to an aromatic ring is 1. The van der Waals surface area contributed by atoms with Gasteiger partial charge in [0.05, 0.1) is 13.0 Å². The second-order valence-electron chi connectivity index (χ2n) is 5.19. The van der Waals surface area contributed by atoms with E-state index in [9.17, 15) is 4.79 Å². The molecule has 108 valence electrons. The summed E-state index contributed by atoms with van der Waals surface area (Å²) in [5.74, 6) is 0.864. The van der Waals surface area contributed by atoms with E-state index < -0.39 is 0 Å². The second kappa shape index (κ2) is 5.87. The molecule has 0 spiro atoms. The third kappa shape index (κ3) is 3.16. The first-order valence-corrected chi connectivity index (χ1v) is 7.05. The molecule has 0 saturated heterocycles. The van der Waals surface area contributed by atoms with Crippen molar-refractivity contribution in [2.45, 2.75) is 19.5 Å². The van der Waals surface area contributed by atoms with Crippen LogP contribution >= 0.6 is 0 Å². The molecule has 21 heavy (non-hydrogen) atoms. The van der Waals surface area contributed by atoms with Gasteiger partial charge >= 0.3 is 0 Å². The minimum absolute atomic E-state index is 0.127. The van der Waals surface area contributed by atoms with Crippen LogP contribution in [-0.4, -0.2) is 17.4 Å². The predicted octanol–water partition coefficient (Wildman–Crippen LogP) is 2.58. The molecule has 2 aromatic rings. The van der Waals surface area contributed by atoms with Crippen LogP contribution in [0.5, 0.6) is 5.75 Å². The smallest absolute Gasteiger partial charge is 0.226 e. The molecule has 4 nitrogen and oxygen atoms in total. The second-order valence-corrected chi connectivity index (χ2v) is 5.19. The zero-order valence-electron chi connectivity index (χ0n) is 11.8. The van der Waals surface area contributed by atoms with Gasteiger partial charge in [0.15, 0.2) is 0 Å². The van der Waals surface area contributed by atoms with Crippen molar-refractivity contribution in [2.75, 3.05) is 12.3 Å². The highest BCUT2D eigenvalue weighted by Gasteiger charge is 2.22. The van der Waals surface area contributed by atoms with Crippen molar-refractivity contribution in [3.63, 3.8) is 0 Å². The van der Waals surface area contributed by atoms with Crippen molar-refractivity contribution in [2.24, 2.45) is 0 Å². The SMILES string of the molecule is Nc1ccc(OCCC(=O)N2Cc3ccccc3C2)cc1. The number of rotatable bonds is 4. The Labute approximate surface area is 124 Å². The molecule has 0 radical (unpaired) electrons. The van der Waals surface area contributed by atoms with Crippen molar-refractivity contribution in [3.05, 3.63) is 59.7 Å². The lowest BCUT2D eigenvalue weighted by Crippen LogP contribution is -2.26. The molecule has 1 amide bonds. The van der Waals surface area contributed by atoms with E-state index in [1.807, 2.05) is 29.2 Å². The van der Waals surface area contributed by atoms with Crippen LogP contribution in [0.3, 0.4) is 0 Å². The molecule has 1 heterocycles. The Morgan fingerprint density at radius 2 is 1.67 bits per heavy atom. The molecule has 3 rings (SSSR count). The number of ether oxygens (including phenoxy) is 1. The van der Waals surface area contributed by atoms with E-state index in [-0.39, 0.29) is 5.91 Å².